The normalized spacial score (nSPS) is 22.8. The monoisotopic (exact) mass is 708 g/mol. The Morgan fingerprint density at radius 2 is 1.84 bits per heavy atom. The molecule has 260 valence electrons. The van der Waals surface area contributed by atoms with Crippen LogP contribution in [0.5, 0.6) is 5.75 Å². The van der Waals surface area contributed by atoms with E-state index in [4.69, 9.17) is 41.9 Å². The molecule has 2 aliphatic carbocycles. The third-order valence-corrected chi connectivity index (χ3v) is 11.1. The summed E-state index contributed by atoms with van der Waals surface area (Å²) < 4.78 is 24.7. The summed E-state index contributed by atoms with van der Waals surface area (Å²) in [5, 5.41) is 15.8. The van der Waals surface area contributed by atoms with Gasteiger partial charge in [-0.1, -0.05) is 48.6 Å². The summed E-state index contributed by atoms with van der Waals surface area (Å²) >= 11 is 13.1. The molecule has 1 aliphatic heterocycles. The molecule has 0 bridgehead atoms. The summed E-state index contributed by atoms with van der Waals surface area (Å²) in [6.07, 6.45) is 11.1. The van der Waals surface area contributed by atoms with Crippen molar-refractivity contribution in [2.75, 3.05) is 31.7 Å². The van der Waals surface area contributed by atoms with E-state index in [0.717, 1.165) is 79.5 Å². The van der Waals surface area contributed by atoms with Crippen LogP contribution in [0.4, 0.5) is 5.69 Å². The molecule has 3 fully saturated rings. The van der Waals surface area contributed by atoms with Gasteiger partial charge in [0.15, 0.2) is 5.69 Å². The number of hydrogen-bond acceptors (Lipinski definition) is 9. The first kappa shape index (κ1) is 34.0. The van der Waals surface area contributed by atoms with Gasteiger partial charge in [0, 0.05) is 66.1 Å². The van der Waals surface area contributed by atoms with Crippen molar-refractivity contribution in [1.29, 1.82) is 0 Å². The van der Waals surface area contributed by atoms with Gasteiger partial charge < -0.3 is 28.7 Å². The first-order valence-electron chi connectivity index (χ1n) is 17.1. The van der Waals surface area contributed by atoms with Gasteiger partial charge in [-0.2, -0.15) is 0 Å². The van der Waals surface area contributed by atoms with Crippen LogP contribution in [0.3, 0.4) is 0 Å². The van der Waals surface area contributed by atoms with Gasteiger partial charge in [0.05, 0.1) is 40.5 Å². The number of pyridine rings is 2. The largest absolute Gasteiger partial charge is 0.493 e. The number of carboxylic acids is 1. The number of carboxylic acid groups (broad SMARTS) is 1. The van der Waals surface area contributed by atoms with Gasteiger partial charge in [0.2, 0.25) is 0 Å². The first-order valence-corrected chi connectivity index (χ1v) is 17.9. The lowest BCUT2D eigenvalue weighted by Gasteiger charge is -2.44. The Labute approximate surface area is 296 Å². The van der Waals surface area contributed by atoms with Crippen molar-refractivity contribution < 1.29 is 28.6 Å². The highest BCUT2D eigenvalue weighted by molar-refractivity contribution is 6.38. The summed E-state index contributed by atoms with van der Waals surface area (Å²) in [5.41, 5.74) is 3.39. The van der Waals surface area contributed by atoms with Crippen LogP contribution in [-0.2, 0) is 16.1 Å². The molecule has 3 aromatic heterocycles. The maximum absolute atomic E-state index is 11.8. The molecule has 10 nitrogen and oxygen atoms in total. The standard InChI is InChI=1S/C37H42Cl2N4O6/c1-4-9-37(48-20-26-33(42-49-34(26)22-5-6-22)32-27(38)16-40-17-28(32)39)12-10-36(2,11-13-37)21-47-23-7-8-29-25(14-23)31(15-30(41-29)35(44)45)43-18-24(19-43)46-3/h7-8,14-17,22,24H,4-6,9-13,18-21H2,1-3H3,(H,44,45). The second-order valence-corrected chi connectivity index (χ2v) is 15.0. The van der Waals surface area contributed by atoms with Gasteiger partial charge in [0.1, 0.15) is 17.2 Å². The molecule has 1 saturated heterocycles. The van der Waals surface area contributed by atoms with E-state index in [0.29, 0.717) is 59.0 Å². The molecule has 7 rings (SSSR count). The molecule has 0 unspecified atom stereocenters. The van der Waals surface area contributed by atoms with Gasteiger partial charge in [-0.05, 0) is 69.2 Å². The average molecular weight is 710 g/mol. The van der Waals surface area contributed by atoms with Crippen molar-refractivity contribution in [2.45, 2.75) is 89.4 Å². The summed E-state index contributed by atoms with van der Waals surface area (Å²) in [7, 11) is 1.69. The summed E-state index contributed by atoms with van der Waals surface area (Å²) in [6, 6.07) is 7.35. The molecule has 0 amide bonds. The number of nitrogens with zero attached hydrogens (tertiary/aromatic N) is 4. The maximum atomic E-state index is 11.8. The molecular weight excluding hydrogens is 667 g/mol. The summed E-state index contributed by atoms with van der Waals surface area (Å²) in [5.74, 6) is 0.919. The number of halogens is 2. The molecule has 1 N–H and O–H groups in total. The van der Waals surface area contributed by atoms with E-state index in [-0.39, 0.29) is 22.8 Å². The minimum absolute atomic E-state index is 0.0264. The second-order valence-electron chi connectivity index (χ2n) is 14.2. The Hall–Kier alpha value is -3.44. The van der Waals surface area contributed by atoms with Gasteiger partial charge in [-0.25, -0.2) is 9.78 Å². The number of anilines is 1. The van der Waals surface area contributed by atoms with E-state index in [1.165, 1.54) is 0 Å². The van der Waals surface area contributed by atoms with Crippen LogP contribution in [0.1, 0.15) is 92.9 Å². The van der Waals surface area contributed by atoms with Crippen LogP contribution < -0.4 is 9.64 Å². The van der Waals surface area contributed by atoms with E-state index in [1.807, 2.05) is 18.2 Å². The average Bonchev–Trinajstić information content (AvgIpc) is 3.83. The second kappa shape index (κ2) is 13.7. The molecule has 49 heavy (non-hydrogen) atoms. The zero-order valence-corrected chi connectivity index (χ0v) is 29.6. The number of benzene rings is 1. The fourth-order valence-electron chi connectivity index (χ4n) is 7.25. The fraction of sp³-hybridized carbons (Fsp3) is 0.514. The topological polar surface area (TPSA) is 120 Å². The van der Waals surface area contributed by atoms with Gasteiger partial charge in [0.25, 0.3) is 0 Å². The molecular formula is C37H42Cl2N4O6. The van der Waals surface area contributed by atoms with Crippen LogP contribution in [-0.4, -0.2) is 64.7 Å². The van der Waals surface area contributed by atoms with Crippen molar-refractivity contribution in [3.63, 3.8) is 0 Å². The minimum atomic E-state index is -1.05. The van der Waals surface area contributed by atoms with E-state index in [1.54, 1.807) is 25.6 Å². The van der Waals surface area contributed by atoms with Crippen LogP contribution >= 0.6 is 23.2 Å². The molecule has 1 aromatic carbocycles. The van der Waals surface area contributed by atoms with Crippen LogP contribution in [0.15, 0.2) is 41.2 Å². The zero-order valence-electron chi connectivity index (χ0n) is 28.1. The van der Waals surface area contributed by atoms with Gasteiger partial charge in [-0.3, -0.25) is 4.98 Å². The lowest BCUT2D eigenvalue weighted by molar-refractivity contribution is -0.109. The van der Waals surface area contributed by atoms with Crippen LogP contribution in [0, 0.1) is 5.41 Å². The predicted octanol–water partition coefficient (Wildman–Crippen LogP) is 8.72. The Balaban J connectivity index is 1.05. The van der Waals surface area contributed by atoms with Crippen molar-refractivity contribution in [1.82, 2.24) is 15.1 Å². The molecule has 4 aromatic rings. The molecule has 3 aliphatic rings. The zero-order chi connectivity index (χ0) is 34.3. The van der Waals surface area contributed by atoms with Crippen molar-refractivity contribution >= 4 is 45.8 Å². The van der Waals surface area contributed by atoms with E-state index >= 15 is 0 Å². The van der Waals surface area contributed by atoms with Crippen LogP contribution in [0.2, 0.25) is 10.0 Å². The lowest BCUT2D eigenvalue weighted by Crippen LogP contribution is -2.52. The number of aromatic nitrogens is 3. The Morgan fingerprint density at radius 1 is 1.10 bits per heavy atom. The molecule has 0 atom stereocenters. The third kappa shape index (κ3) is 6.98. The Bertz CT molecular complexity index is 1830. The quantitative estimate of drug-likeness (QED) is 0.144. The number of methoxy groups -OCH3 is 1. The Kier molecular flexibility index (Phi) is 9.51. The highest BCUT2D eigenvalue weighted by Gasteiger charge is 2.42. The van der Waals surface area contributed by atoms with E-state index in [2.05, 4.69) is 33.9 Å². The number of carbonyl (C=O) groups is 1. The highest BCUT2D eigenvalue weighted by atomic mass is 35.5. The lowest BCUT2D eigenvalue weighted by atomic mass is 9.69. The number of ether oxygens (including phenoxy) is 3. The van der Waals surface area contributed by atoms with Crippen molar-refractivity contribution in [2.24, 2.45) is 5.41 Å². The smallest absolute Gasteiger partial charge is 0.354 e. The summed E-state index contributed by atoms with van der Waals surface area (Å²) in [6.45, 7) is 6.84. The first-order chi connectivity index (χ1) is 23.6. The van der Waals surface area contributed by atoms with Gasteiger partial charge in [-0.15, -0.1) is 0 Å². The number of aromatic carboxylic acids is 1. The third-order valence-electron chi connectivity index (χ3n) is 10.5. The Morgan fingerprint density at radius 3 is 2.49 bits per heavy atom. The molecule has 4 heterocycles. The maximum Gasteiger partial charge on any atom is 0.354 e. The number of fused-ring (bicyclic) bond motifs is 1. The van der Waals surface area contributed by atoms with Crippen molar-refractivity contribution in [3.05, 3.63) is 63.7 Å². The molecule has 2 saturated carbocycles. The summed E-state index contributed by atoms with van der Waals surface area (Å²) in [4.78, 5) is 22.4. The van der Waals surface area contributed by atoms with Gasteiger partial charge >= 0.3 is 5.97 Å². The minimum Gasteiger partial charge on any atom is -0.493 e. The van der Waals surface area contributed by atoms with Crippen molar-refractivity contribution in [3.8, 4) is 17.0 Å². The molecule has 0 radical (unpaired) electrons. The number of rotatable bonds is 13. The predicted molar refractivity (Wildman–Crippen MR) is 188 cm³/mol. The SMILES string of the molecule is CCCC1(OCc2c(-c3c(Cl)cncc3Cl)noc2C2CC2)CCC(C)(COc2ccc3nc(C(=O)O)cc(N4CC(OC)C4)c3c2)CC1. The highest BCUT2D eigenvalue weighted by Crippen LogP contribution is 2.49. The molecule has 0 spiro atoms. The molecule has 12 heteroatoms. The van der Waals surface area contributed by atoms with E-state index < -0.39 is 5.97 Å². The fourth-order valence-corrected chi connectivity index (χ4v) is 7.80. The number of hydrogen-bond donors (Lipinski definition) is 1. The van der Waals surface area contributed by atoms with E-state index in [9.17, 15) is 9.90 Å². The van der Waals surface area contributed by atoms with Crippen LogP contribution in [0.25, 0.3) is 22.2 Å².